The Morgan fingerprint density at radius 3 is 2.40 bits per heavy atom. The summed E-state index contributed by atoms with van der Waals surface area (Å²) in [6, 6.07) is 0. The number of aliphatic carboxylic acids is 1. The summed E-state index contributed by atoms with van der Waals surface area (Å²) in [6.45, 7) is -0.0972. The SMILES string of the molecule is O=C(O)C1=C(O)C(=O)NC1. The van der Waals surface area contributed by atoms with Crippen molar-refractivity contribution in [3.05, 3.63) is 11.3 Å². The standard InChI is InChI=1S/C5H5NO4/c7-3-2(5(9)10)1-6-4(3)8/h7H,1H2,(H,6,8)(H,9,10). The second-order valence-electron chi connectivity index (χ2n) is 1.81. The second kappa shape index (κ2) is 2.02. The van der Waals surface area contributed by atoms with Crippen LogP contribution in [-0.2, 0) is 9.59 Å². The molecule has 54 valence electrons. The van der Waals surface area contributed by atoms with Gasteiger partial charge in [0.25, 0.3) is 5.91 Å². The number of carboxylic acids is 1. The molecular weight excluding hydrogens is 138 g/mol. The monoisotopic (exact) mass is 143 g/mol. The van der Waals surface area contributed by atoms with Crippen molar-refractivity contribution in [3.8, 4) is 0 Å². The van der Waals surface area contributed by atoms with Gasteiger partial charge in [-0.05, 0) is 0 Å². The first kappa shape index (κ1) is 6.60. The van der Waals surface area contributed by atoms with Crippen LogP contribution in [-0.4, -0.2) is 28.6 Å². The van der Waals surface area contributed by atoms with Crippen molar-refractivity contribution in [3.63, 3.8) is 0 Å². The van der Waals surface area contributed by atoms with E-state index in [0.717, 1.165) is 0 Å². The smallest absolute Gasteiger partial charge is 0.337 e. The molecule has 0 saturated heterocycles. The average Bonchev–Trinajstić information content (AvgIpc) is 2.14. The normalized spacial score (nSPS) is 17.4. The van der Waals surface area contributed by atoms with Crippen molar-refractivity contribution >= 4 is 11.9 Å². The van der Waals surface area contributed by atoms with Gasteiger partial charge in [0.05, 0.1) is 6.54 Å². The van der Waals surface area contributed by atoms with E-state index in [1.165, 1.54) is 0 Å². The van der Waals surface area contributed by atoms with E-state index in [0.29, 0.717) is 0 Å². The first-order chi connectivity index (χ1) is 4.63. The highest BCUT2D eigenvalue weighted by Gasteiger charge is 2.26. The number of carbonyl (C=O) groups excluding carboxylic acids is 1. The number of carbonyl (C=O) groups is 2. The maximum Gasteiger partial charge on any atom is 0.337 e. The zero-order valence-corrected chi connectivity index (χ0v) is 4.92. The first-order valence-corrected chi connectivity index (χ1v) is 2.56. The van der Waals surface area contributed by atoms with Gasteiger partial charge in [-0.2, -0.15) is 0 Å². The van der Waals surface area contributed by atoms with Crippen LogP contribution in [0.3, 0.4) is 0 Å². The second-order valence-corrected chi connectivity index (χ2v) is 1.81. The average molecular weight is 143 g/mol. The zero-order valence-electron chi connectivity index (χ0n) is 4.92. The third kappa shape index (κ3) is 0.812. The predicted octanol–water partition coefficient (Wildman–Crippen LogP) is -0.987. The Labute approximate surface area is 56.0 Å². The molecule has 0 unspecified atom stereocenters. The van der Waals surface area contributed by atoms with Crippen molar-refractivity contribution in [2.75, 3.05) is 6.54 Å². The van der Waals surface area contributed by atoms with Crippen LogP contribution in [0, 0.1) is 0 Å². The number of aliphatic hydroxyl groups excluding tert-OH is 1. The van der Waals surface area contributed by atoms with E-state index in [2.05, 4.69) is 5.32 Å². The molecule has 1 aliphatic rings. The molecule has 0 saturated carbocycles. The van der Waals surface area contributed by atoms with Crippen molar-refractivity contribution in [2.45, 2.75) is 0 Å². The molecule has 5 nitrogen and oxygen atoms in total. The van der Waals surface area contributed by atoms with E-state index in [-0.39, 0.29) is 12.1 Å². The highest BCUT2D eigenvalue weighted by molar-refractivity contribution is 6.04. The Morgan fingerprint density at radius 2 is 2.20 bits per heavy atom. The van der Waals surface area contributed by atoms with E-state index < -0.39 is 17.6 Å². The molecule has 0 aromatic heterocycles. The quantitative estimate of drug-likeness (QED) is 0.440. The van der Waals surface area contributed by atoms with Gasteiger partial charge in [0, 0.05) is 0 Å². The number of rotatable bonds is 1. The molecule has 1 heterocycles. The molecule has 0 radical (unpaired) electrons. The molecule has 1 aliphatic heterocycles. The minimum Gasteiger partial charge on any atom is -0.503 e. The van der Waals surface area contributed by atoms with Gasteiger partial charge in [0.1, 0.15) is 5.57 Å². The molecule has 10 heavy (non-hydrogen) atoms. The summed E-state index contributed by atoms with van der Waals surface area (Å²) in [5.41, 5.74) is -0.273. The summed E-state index contributed by atoms with van der Waals surface area (Å²) >= 11 is 0. The van der Waals surface area contributed by atoms with Gasteiger partial charge in [-0.3, -0.25) is 4.79 Å². The third-order valence-corrected chi connectivity index (χ3v) is 1.18. The van der Waals surface area contributed by atoms with Crippen molar-refractivity contribution in [2.24, 2.45) is 0 Å². The maximum atomic E-state index is 10.4. The molecule has 0 atom stereocenters. The van der Waals surface area contributed by atoms with Gasteiger partial charge in [0.15, 0.2) is 5.76 Å². The Kier molecular flexibility index (Phi) is 1.33. The van der Waals surface area contributed by atoms with Crippen LogP contribution in [0.5, 0.6) is 0 Å². The molecule has 0 aromatic carbocycles. The van der Waals surface area contributed by atoms with Crippen LogP contribution in [0.4, 0.5) is 0 Å². The Bertz CT molecular complexity index is 230. The summed E-state index contributed by atoms with van der Waals surface area (Å²) in [5.74, 6) is -2.68. The van der Waals surface area contributed by atoms with E-state index in [4.69, 9.17) is 10.2 Å². The fraction of sp³-hybridized carbons (Fsp3) is 0.200. The fourth-order valence-electron chi connectivity index (χ4n) is 0.650. The molecule has 1 rings (SSSR count). The molecule has 0 spiro atoms. The van der Waals surface area contributed by atoms with Crippen molar-refractivity contribution in [1.82, 2.24) is 5.32 Å². The molecule has 5 heteroatoms. The topological polar surface area (TPSA) is 86.6 Å². The van der Waals surface area contributed by atoms with Crippen LogP contribution in [0.25, 0.3) is 0 Å². The molecule has 3 N–H and O–H groups in total. The lowest BCUT2D eigenvalue weighted by Gasteiger charge is -1.88. The maximum absolute atomic E-state index is 10.4. The fourth-order valence-corrected chi connectivity index (χ4v) is 0.650. The number of amides is 1. The number of carboxylic acid groups (broad SMARTS) is 1. The van der Waals surface area contributed by atoms with Crippen LogP contribution in [0.1, 0.15) is 0 Å². The van der Waals surface area contributed by atoms with Crippen molar-refractivity contribution < 1.29 is 19.8 Å². The van der Waals surface area contributed by atoms with Gasteiger partial charge in [-0.15, -0.1) is 0 Å². The van der Waals surface area contributed by atoms with E-state index in [1.807, 2.05) is 0 Å². The van der Waals surface area contributed by atoms with Crippen LogP contribution < -0.4 is 5.32 Å². The number of aliphatic hydroxyl groups is 1. The third-order valence-electron chi connectivity index (χ3n) is 1.18. The molecule has 0 aromatic rings. The van der Waals surface area contributed by atoms with Gasteiger partial charge in [-0.1, -0.05) is 0 Å². The summed E-state index contributed by atoms with van der Waals surface area (Å²) in [5, 5.41) is 19.2. The number of hydrogen-bond donors (Lipinski definition) is 3. The Hall–Kier alpha value is -1.52. The zero-order chi connectivity index (χ0) is 7.72. The summed E-state index contributed by atoms with van der Waals surface area (Å²) in [4.78, 5) is 20.6. The van der Waals surface area contributed by atoms with Crippen molar-refractivity contribution in [1.29, 1.82) is 0 Å². The van der Waals surface area contributed by atoms with E-state index >= 15 is 0 Å². The minimum absolute atomic E-state index is 0.0972. The molecule has 0 fully saturated rings. The van der Waals surface area contributed by atoms with Crippen LogP contribution in [0.15, 0.2) is 11.3 Å². The summed E-state index contributed by atoms with van der Waals surface area (Å²) in [7, 11) is 0. The predicted molar refractivity (Wildman–Crippen MR) is 30.3 cm³/mol. The van der Waals surface area contributed by atoms with Gasteiger partial charge in [0.2, 0.25) is 0 Å². The highest BCUT2D eigenvalue weighted by Crippen LogP contribution is 2.06. The Morgan fingerprint density at radius 1 is 1.60 bits per heavy atom. The number of nitrogens with one attached hydrogen (secondary N) is 1. The lowest BCUT2D eigenvalue weighted by atomic mass is 10.3. The largest absolute Gasteiger partial charge is 0.503 e. The lowest BCUT2D eigenvalue weighted by molar-refractivity contribution is -0.133. The summed E-state index contributed by atoms with van der Waals surface area (Å²) in [6.07, 6.45) is 0. The van der Waals surface area contributed by atoms with Crippen LogP contribution in [0.2, 0.25) is 0 Å². The Balaban J connectivity index is 2.96. The minimum atomic E-state index is -1.27. The van der Waals surface area contributed by atoms with E-state index in [9.17, 15) is 9.59 Å². The lowest BCUT2D eigenvalue weighted by Crippen LogP contribution is -2.17. The van der Waals surface area contributed by atoms with Gasteiger partial charge >= 0.3 is 5.97 Å². The highest BCUT2D eigenvalue weighted by atomic mass is 16.4. The summed E-state index contributed by atoms with van der Waals surface area (Å²) < 4.78 is 0. The first-order valence-electron chi connectivity index (χ1n) is 2.56. The molecular formula is C5H5NO4. The van der Waals surface area contributed by atoms with Crippen LogP contribution >= 0.6 is 0 Å². The van der Waals surface area contributed by atoms with Gasteiger partial charge in [-0.25, -0.2) is 4.79 Å². The van der Waals surface area contributed by atoms with E-state index in [1.54, 1.807) is 0 Å². The molecule has 0 bridgehead atoms. The molecule has 0 aliphatic carbocycles. The van der Waals surface area contributed by atoms with Gasteiger partial charge < -0.3 is 15.5 Å². The molecule has 1 amide bonds. The number of hydrogen-bond acceptors (Lipinski definition) is 3.